The third-order valence-corrected chi connectivity index (χ3v) is 4.24. The number of fused-ring (bicyclic) bond motifs is 1. The largest absolute Gasteiger partial charge is 0.497 e. The maximum Gasteiger partial charge on any atom is 0.261 e. The van der Waals surface area contributed by atoms with Crippen molar-refractivity contribution in [1.29, 1.82) is 0 Å². The standard InChI is InChI=1S/C20H21N5O4/c1-13-22-17-6-4-3-5-16(17)20(28)25(13)12-19(27)24-23-18(26)11-21-14-7-9-15(29-2)10-8-14/h3-10,21H,11-12H2,1-2H3,(H,23,26)(H,24,27). The molecule has 3 aromatic rings. The van der Waals surface area contributed by atoms with E-state index >= 15 is 0 Å². The van der Waals surface area contributed by atoms with E-state index in [1.807, 2.05) is 0 Å². The first-order valence-corrected chi connectivity index (χ1v) is 8.89. The van der Waals surface area contributed by atoms with E-state index in [1.54, 1.807) is 62.6 Å². The van der Waals surface area contributed by atoms with Crippen molar-refractivity contribution in [1.82, 2.24) is 20.4 Å². The number of hydrogen-bond acceptors (Lipinski definition) is 6. The molecule has 29 heavy (non-hydrogen) atoms. The lowest BCUT2D eigenvalue weighted by Crippen LogP contribution is -2.46. The number of nitrogens with zero attached hydrogens (tertiary/aromatic N) is 2. The maximum absolute atomic E-state index is 12.6. The molecule has 0 unspecified atom stereocenters. The minimum atomic E-state index is -0.537. The molecule has 9 heteroatoms. The van der Waals surface area contributed by atoms with Gasteiger partial charge in [-0.2, -0.15) is 0 Å². The van der Waals surface area contributed by atoms with Gasteiger partial charge in [-0.15, -0.1) is 0 Å². The number of benzene rings is 2. The topological polar surface area (TPSA) is 114 Å². The van der Waals surface area contributed by atoms with Crippen LogP contribution < -0.4 is 26.5 Å². The minimum absolute atomic E-state index is 0.0386. The quantitative estimate of drug-likeness (QED) is 0.536. The van der Waals surface area contributed by atoms with Crippen molar-refractivity contribution in [3.8, 4) is 5.75 Å². The van der Waals surface area contributed by atoms with Gasteiger partial charge in [-0.1, -0.05) is 12.1 Å². The Kier molecular flexibility index (Phi) is 6.08. The second-order valence-electron chi connectivity index (χ2n) is 6.25. The molecule has 0 aliphatic heterocycles. The number of nitrogens with one attached hydrogen (secondary N) is 3. The third kappa shape index (κ3) is 4.89. The van der Waals surface area contributed by atoms with E-state index in [2.05, 4.69) is 21.2 Å². The molecule has 0 aliphatic rings. The first kappa shape index (κ1) is 19.9. The summed E-state index contributed by atoms with van der Waals surface area (Å²) in [6, 6.07) is 14.0. The van der Waals surface area contributed by atoms with Crippen molar-refractivity contribution in [2.24, 2.45) is 0 Å². The SMILES string of the molecule is COc1ccc(NCC(=O)NNC(=O)Cn2c(C)nc3ccccc3c2=O)cc1. The van der Waals surface area contributed by atoms with Gasteiger partial charge >= 0.3 is 0 Å². The lowest BCUT2D eigenvalue weighted by molar-refractivity contribution is -0.128. The summed E-state index contributed by atoms with van der Waals surface area (Å²) in [7, 11) is 1.57. The van der Waals surface area contributed by atoms with Crippen molar-refractivity contribution in [2.75, 3.05) is 19.0 Å². The number of carbonyl (C=O) groups is 2. The van der Waals surface area contributed by atoms with E-state index in [0.717, 1.165) is 5.69 Å². The fraction of sp³-hybridized carbons (Fsp3) is 0.200. The molecule has 0 saturated heterocycles. The molecule has 0 fully saturated rings. The van der Waals surface area contributed by atoms with Crippen LogP contribution in [-0.2, 0) is 16.1 Å². The van der Waals surface area contributed by atoms with E-state index < -0.39 is 11.8 Å². The molecule has 0 radical (unpaired) electrons. The molecule has 2 aromatic carbocycles. The Labute approximate surface area is 166 Å². The minimum Gasteiger partial charge on any atom is -0.497 e. The number of hydrazine groups is 1. The van der Waals surface area contributed by atoms with Gasteiger partial charge in [0.2, 0.25) is 0 Å². The number of carbonyl (C=O) groups excluding carboxylic acids is 2. The number of amides is 2. The van der Waals surface area contributed by atoms with Gasteiger partial charge in [0.1, 0.15) is 18.1 Å². The fourth-order valence-corrected chi connectivity index (χ4v) is 2.72. The zero-order chi connectivity index (χ0) is 20.8. The normalized spacial score (nSPS) is 10.4. The molecular weight excluding hydrogens is 374 g/mol. The molecule has 0 aliphatic carbocycles. The van der Waals surface area contributed by atoms with E-state index in [9.17, 15) is 14.4 Å². The summed E-state index contributed by atoms with van der Waals surface area (Å²) in [5.74, 6) is 0.150. The molecule has 1 aromatic heterocycles. The van der Waals surface area contributed by atoms with Crippen molar-refractivity contribution in [2.45, 2.75) is 13.5 Å². The Morgan fingerprint density at radius 1 is 1.03 bits per heavy atom. The first-order chi connectivity index (χ1) is 14.0. The Bertz CT molecular complexity index is 1090. The van der Waals surface area contributed by atoms with Crippen LogP contribution in [0.4, 0.5) is 5.69 Å². The molecule has 0 saturated carbocycles. The van der Waals surface area contributed by atoms with Crippen LogP contribution >= 0.6 is 0 Å². The summed E-state index contributed by atoms with van der Waals surface area (Å²) >= 11 is 0. The lowest BCUT2D eigenvalue weighted by Gasteiger charge is -2.12. The van der Waals surface area contributed by atoms with Crippen LogP contribution in [-0.4, -0.2) is 35.0 Å². The van der Waals surface area contributed by atoms with Gasteiger partial charge in [0, 0.05) is 5.69 Å². The summed E-state index contributed by atoms with van der Waals surface area (Å²) in [6.07, 6.45) is 0. The van der Waals surface area contributed by atoms with Crippen LogP contribution in [0.25, 0.3) is 10.9 Å². The van der Waals surface area contributed by atoms with Gasteiger partial charge in [0.15, 0.2) is 0 Å². The predicted octanol–water partition coefficient (Wildman–Crippen LogP) is 0.973. The van der Waals surface area contributed by atoms with Crippen molar-refractivity contribution in [3.63, 3.8) is 0 Å². The molecule has 0 spiro atoms. The smallest absolute Gasteiger partial charge is 0.261 e. The van der Waals surface area contributed by atoms with Crippen molar-refractivity contribution in [3.05, 3.63) is 64.7 Å². The highest BCUT2D eigenvalue weighted by atomic mass is 16.5. The van der Waals surface area contributed by atoms with E-state index in [1.165, 1.54) is 4.57 Å². The number of rotatable bonds is 6. The van der Waals surface area contributed by atoms with Crippen LogP contribution in [0, 0.1) is 6.92 Å². The van der Waals surface area contributed by atoms with E-state index in [0.29, 0.717) is 22.5 Å². The number of aryl methyl sites for hydroxylation is 1. The average Bonchev–Trinajstić information content (AvgIpc) is 2.74. The van der Waals surface area contributed by atoms with E-state index in [-0.39, 0.29) is 18.6 Å². The molecule has 3 N–H and O–H groups in total. The fourth-order valence-electron chi connectivity index (χ4n) is 2.72. The molecule has 0 bridgehead atoms. The first-order valence-electron chi connectivity index (χ1n) is 8.89. The monoisotopic (exact) mass is 395 g/mol. The number of anilines is 1. The second-order valence-corrected chi connectivity index (χ2v) is 6.25. The second kappa shape index (κ2) is 8.87. The molecule has 1 heterocycles. The van der Waals surface area contributed by atoms with Gasteiger partial charge in [-0.25, -0.2) is 4.98 Å². The number of methoxy groups -OCH3 is 1. The molecule has 3 rings (SSSR count). The van der Waals surface area contributed by atoms with Crippen LogP contribution in [0.3, 0.4) is 0 Å². The van der Waals surface area contributed by atoms with Gasteiger partial charge in [-0.05, 0) is 43.3 Å². The molecule has 2 amide bonds. The highest BCUT2D eigenvalue weighted by Crippen LogP contribution is 2.14. The summed E-state index contributed by atoms with van der Waals surface area (Å²) in [6.45, 7) is 1.36. The Balaban J connectivity index is 1.53. The third-order valence-electron chi connectivity index (χ3n) is 4.24. The zero-order valence-corrected chi connectivity index (χ0v) is 16.1. The van der Waals surface area contributed by atoms with Gasteiger partial charge in [-0.3, -0.25) is 29.8 Å². The van der Waals surface area contributed by atoms with Crippen LogP contribution in [0.15, 0.2) is 53.3 Å². The number of hydrogen-bond donors (Lipinski definition) is 3. The summed E-state index contributed by atoms with van der Waals surface area (Å²) in [5.41, 5.74) is 5.61. The van der Waals surface area contributed by atoms with Gasteiger partial charge in [0.05, 0.1) is 24.6 Å². The average molecular weight is 395 g/mol. The van der Waals surface area contributed by atoms with Crippen molar-refractivity contribution >= 4 is 28.4 Å². The number of ether oxygens (including phenoxy) is 1. The summed E-state index contributed by atoms with van der Waals surface area (Å²) < 4.78 is 6.33. The molecular formula is C20H21N5O4. The molecule has 0 atom stereocenters. The maximum atomic E-state index is 12.6. The highest BCUT2D eigenvalue weighted by Gasteiger charge is 2.12. The van der Waals surface area contributed by atoms with Gasteiger partial charge < -0.3 is 10.1 Å². The van der Waals surface area contributed by atoms with Crippen molar-refractivity contribution < 1.29 is 14.3 Å². The van der Waals surface area contributed by atoms with E-state index in [4.69, 9.17) is 4.74 Å². The molecule has 150 valence electrons. The molecule has 9 nitrogen and oxygen atoms in total. The van der Waals surface area contributed by atoms with Crippen LogP contribution in [0.1, 0.15) is 5.82 Å². The highest BCUT2D eigenvalue weighted by molar-refractivity contribution is 5.84. The Morgan fingerprint density at radius 3 is 2.45 bits per heavy atom. The Hall–Kier alpha value is -3.88. The number of aromatic nitrogens is 2. The van der Waals surface area contributed by atoms with Crippen LogP contribution in [0.2, 0.25) is 0 Å². The lowest BCUT2D eigenvalue weighted by atomic mass is 10.2. The summed E-state index contributed by atoms with van der Waals surface area (Å²) in [5, 5.41) is 3.35. The number of para-hydroxylation sites is 1. The van der Waals surface area contributed by atoms with Gasteiger partial charge in [0.25, 0.3) is 17.4 Å². The zero-order valence-electron chi connectivity index (χ0n) is 16.1. The predicted molar refractivity (Wildman–Crippen MR) is 109 cm³/mol. The van der Waals surface area contributed by atoms with Crippen LogP contribution in [0.5, 0.6) is 5.75 Å². The summed E-state index contributed by atoms with van der Waals surface area (Å²) in [4.78, 5) is 41.0. The Morgan fingerprint density at radius 2 is 1.72 bits per heavy atom.